The van der Waals surface area contributed by atoms with Crippen LogP contribution in [0.25, 0.3) is 0 Å². The zero-order valence-corrected chi connectivity index (χ0v) is 8.16. The van der Waals surface area contributed by atoms with Crippen LogP contribution in [0.4, 0.5) is 0 Å². The molecule has 1 aromatic carbocycles. The van der Waals surface area contributed by atoms with E-state index in [1.165, 1.54) is 0 Å². The van der Waals surface area contributed by atoms with Crippen molar-refractivity contribution in [1.82, 2.24) is 0 Å². The van der Waals surface area contributed by atoms with Gasteiger partial charge in [0.05, 0.1) is 7.11 Å². The molecule has 3 heteroatoms. The molecular formula is C10H15NO2. The van der Waals surface area contributed by atoms with Crippen molar-refractivity contribution in [3.8, 4) is 11.5 Å². The SMILES string of the molecule is COc1cc(C)c(O)c([C@H](C)N)c1. The summed E-state index contributed by atoms with van der Waals surface area (Å²) in [5, 5.41) is 9.65. The number of aromatic hydroxyl groups is 1. The lowest BCUT2D eigenvalue weighted by molar-refractivity contribution is 0.408. The highest BCUT2D eigenvalue weighted by Crippen LogP contribution is 2.30. The fraction of sp³-hybridized carbons (Fsp3) is 0.400. The number of hydrogen-bond acceptors (Lipinski definition) is 3. The normalized spacial score (nSPS) is 12.6. The number of ether oxygens (including phenoxy) is 1. The third-order valence-electron chi connectivity index (χ3n) is 2.03. The highest BCUT2D eigenvalue weighted by atomic mass is 16.5. The van der Waals surface area contributed by atoms with Crippen LogP contribution in [0.3, 0.4) is 0 Å². The molecule has 0 fully saturated rings. The maximum absolute atomic E-state index is 9.65. The predicted octanol–water partition coefficient (Wildman–Crippen LogP) is 1.73. The van der Waals surface area contributed by atoms with Gasteiger partial charge in [-0.15, -0.1) is 0 Å². The average Bonchev–Trinajstić information content (AvgIpc) is 2.09. The fourth-order valence-electron chi connectivity index (χ4n) is 1.24. The van der Waals surface area contributed by atoms with Crippen LogP contribution in [0.15, 0.2) is 12.1 Å². The van der Waals surface area contributed by atoms with Crippen molar-refractivity contribution in [2.75, 3.05) is 7.11 Å². The number of benzene rings is 1. The summed E-state index contributed by atoms with van der Waals surface area (Å²) in [7, 11) is 1.59. The highest BCUT2D eigenvalue weighted by Gasteiger charge is 2.10. The summed E-state index contributed by atoms with van der Waals surface area (Å²) in [5.74, 6) is 0.985. The molecule has 0 spiro atoms. The Morgan fingerprint density at radius 1 is 1.46 bits per heavy atom. The third-order valence-corrected chi connectivity index (χ3v) is 2.03. The van der Waals surface area contributed by atoms with Crippen molar-refractivity contribution in [1.29, 1.82) is 0 Å². The second kappa shape index (κ2) is 3.66. The molecule has 0 aromatic heterocycles. The number of rotatable bonds is 2. The summed E-state index contributed by atoms with van der Waals surface area (Å²) in [6.45, 7) is 3.65. The van der Waals surface area contributed by atoms with Crippen molar-refractivity contribution in [3.05, 3.63) is 23.3 Å². The van der Waals surface area contributed by atoms with E-state index < -0.39 is 0 Å². The largest absolute Gasteiger partial charge is 0.507 e. The van der Waals surface area contributed by atoms with E-state index in [-0.39, 0.29) is 11.8 Å². The average molecular weight is 181 g/mol. The zero-order valence-electron chi connectivity index (χ0n) is 8.16. The van der Waals surface area contributed by atoms with Crippen LogP contribution < -0.4 is 10.5 Å². The van der Waals surface area contributed by atoms with Crippen LogP contribution in [0.2, 0.25) is 0 Å². The van der Waals surface area contributed by atoms with Crippen molar-refractivity contribution in [3.63, 3.8) is 0 Å². The first-order chi connectivity index (χ1) is 6.06. The summed E-state index contributed by atoms with van der Waals surface area (Å²) < 4.78 is 5.07. The van der Waals surface area contributed by atoms with Crippen molar-refractivity contribution in [2.24, 2.45) is 5.73 Å². The molecule has 0 aliphatic heterocycles. The van der Waals surface area contributed by atoms with Gasteiger partial charge in [0.2, 0.25) is 0 Å². The quantitative estimate of drug-likeness (QED) is 0.730. The molecule has 0 aliphatic rings. The van der Waals surface area contributed by atoms with Crippen molar-refractivity contribution in [2.45, 2.75) is 19.9 Å². The van der Waals surface area contributed by atoms with Gasteiger partial charge in [0.15, 0.2) is 0 Å². The molecule has 3 nitrogen and oxygen atoms in total. The van der Waals surface area contributed by atoms with Gasteiger partial charge in [-0.1, -0.05) is 0 Å². The van der Waals surface area contributed by atoms with Crippen LogP contribution in [0.5, 0.6) is 11.5 Å². The van der Waals surface area contributed by atoms with Crippen LogP contribution in [0, 0.1) is 6.92 Å². The first-order valence-corrected chi connectivity index (χ1v) is 4.19. The van der Waals surface area contributed by atoms with E-state index in [4.69, 9.17) is 10.5 Å². The van der Waals surface area contributed by atoms with E-state index in [0.717, 1.165) is 16.9 Å². The van der Waals surface area contributed by atoms with E-state index >= 15 is 0 Å². The lowest BCUT2D eigenvalue weighted by Gasteiger charge is -2.12. The summed E-state index contributed by atoms with van der Waals surface area (Å²) in [5.41, 5.74) is 7.19. The Kier molecular flexibility index (Phi) is 2.78. The first kappa shape index (κ1) is 9.86. The molecule has 0 unspecified atom stereocenters. The Balaban J connectivity index is 3.25. The number of phenolic OH excluding ortho intramolecular Hbond substituents is 1. The molecule has 72 valence electrons. The summed E-state index contributed by atoms with van der Waals surface area (Å²) >= 11 is 0. The molecule has 0 saturated heterocycles. The molecule has 0 saturated carbocycles. The summed E-state index contributed by atoms with van der Waals surface area (Å²) in [6, 6.07) is 3.35. The Bertz CT molecular complexity index is 308. The Labute approximate surface area is 78.1 Å². The first-order valence-electron chi connectivity index (χ1n) is 4.19. The van der Waals surface area contributed by atoms with Crippen LogP contribution in [0.1, 0.15) is 24.1 Å². The Hall–Kier alpha value is -1.22. The molecule has 1 rings (SSSR count). The molecule has 0 heterocycles. The molecule has 0 radical (unpaired) electrons. The molecule has 1 atom stereocenters. The summed E-state index contributed by atoms with van der Waals surface area (Å²) in [6.07, 6.45) is 0. The summed E-state index contributed by atoms with van der Waals surface area (Å²) in [4.78, 5) is 0. The smallest absolute Gasteiger partial charge is 0.123 e. The van der Waals surface area contributed by atoms with E-state index in [1.807, 2.05) is 13.8 Å². The lowest BCUT2D eigenvalue weighted by atomic mass is 10.0. The van der Waals surface area contributed by atoms with Gasteiger partial charge in [0.1, 0.15) is 11.5 Å². The van der Waals surface area contributed by atoms with Crippen molar-refractivity contribution >= 4 is 0 Å². The highest BCUT2D eigenvalue weighted by molar-refractivity contribution is 5.46. The van der Waals surface area contributed by atoms with Gasteiger partial charge >= 0.3 is 0 Å². The minimum absolute atomic E-state index is 0.186. The standard InChI is InChI=1S/C10H15NO2/c1-6-4-8(13-3)5-9(7(2)11)10(6)12/h4-5,7,12H,11H2,1-3H3/t7-/m0/s1. The van der Waals surface area contributed by atoms with Crippen LogP contribution >= 0.6 is 0 Å². The Morgan fingerprint density at radius 3 is 2.54 bits per heavy atom. The lowest BCUT2D eigenvalue weighted by Crippen LogP contribution is -2.06. The minimum atomic E-state index is -0.186. The molecule has 1 aromatic rings. The monoisotopic (exact) mass is 181 g/mol. The number of methoxy groups -OCH3 is 1. The molecule has 0 bridgehead atoms. The predicted molar refractivity (Wildman–Crippen MR) is 52.0 cm³/mol. The molecular weight excluding hydrogens is 166 g/mol. The van der Waals surface area contributed by atoms with Gasteiger partial charge in [0, 0.05) is 11.6 Å². The number of phenols is 1. The number of hydrogen-bond donors (Lipinski definition) is 2. The fourth-order valence-corrected chi connectivity index (χ4v) is 1.24. The number of nitrogens with two attached hydrogens (primary N) is 1. The second-order valence-electron chi connectivity index (χ2n) is 3.17. The second-order valence-corrected chi connectivity index (χ2v) is 3.17. The van der Waals surface area contributed by atoms with Gasteiger partial charge < -0.3 is 15.6 Å². The third kappa shape index (κ3) is 1.92. The molecule has 0 amide bonds. The zero-order chi connectivity index (χ0) is 10.0. The minimum Gasteiger partial charge on any atom is -0.507 e. The van der Waals surface area contributed by atoms with Gasteiger partial charge in [0.25, 0.3) is 0 Å². The molecule has 13 heavy (non-hydrogen) atoms. The van der Waals surface area contributed by atoms with Gasteiger partial charge in [-0.3, -0.25) is 0 Å². The Morgan fingerprint density at radius 2 is 2.08 bits per heavy atom. The van der Waals surface area contributed by atoms with Crippen LogP contribution in [-0.4, -0.2) is 12.2 Å². The maximum Gasteiger partial charge on any atom is 0.123 e. The van der Waals surface area contributed by atoms with Gasteiger partial charge in [-0.25, -0.2) is 0 Å². The topological polar surface area (TPSA) is 55.5 Å². The van der Waals surface area contributed by atoms with Gasteiger partial charge in [-0.05, 0) is 31.5 Å². The van der Waals surface area contributed by atoms with Crippen LogP contribution in [-0.2, 0) is 0 Å². The van der Waals surface area contributed by atoms with Crippen molar-refractivity contribution < 1.29 is 9.84 Å². The molecule has 3 N–H and O–H groups in total. The maximum atomic E-state index is 9.65. The van der Waals surface area contributed by atoms with E-state index in [1.54, 1.807) is 19.2 Å². The van der Waals surface area contributed by atoms with Gasteiger partial charge in [-0.2, -0.15) is 0 Å². The number of aryl methyl sites for hydroxylation is 1. The van der Waals surface area contributed by atoms with E-state index in [9.17, 15) is 5.11 Å². The van der Waals surface area contributed by atoms with E-state index in [2.05, 4.69) is 0 Å². The van der Waals surface area contributed by atoms with E-state index in [0.29, 0.717) is 0 Å². The molecule has 0 aliphatic carbocycles.